The standard InChI is InChI=1S/C20H18ClIN2O3/c1-12(2)27-19-17(22)8-13(9-18(19)26-3)7-14(11-23)20(25)24-16-6-4-5-15(21)10-16/h4-10,12H,1-3H3,(H,24,25)/b14-7+. The van der Waals surface area contributed by atoms with E-state index in [1.165, 1.54) is 6.08 Å². The highest BCUT2D eigenvalue weighted by Gasteiger charge is 2.15. The molecule has 140 valence electrons. The third-order valence-electron chi connectivity index (χ3n) is 3.36. The normalized spacial score (nSPS) is 11.1. The molecule has 0 saturated carbocycles. The van der Waals surface area contributed by atoms with Crippen LogP contribution in [0.5, 0.6) is 11.5 Å². The molecule has 1 N–H and O–H groups in total. The molecule has 2 rings (SSSR count). The van der Waals surface area contributed by atoms with E-state index in [2.05, 4.69) is 27.9 Å². The van der Waals surface area contributed by atoms with E-state index in [0.29, 0.717) is 27.8 Å². The van der Waals surface area contributed by atoms with Crippen LogP contribution < -0.4 is 14.8 Å². The molecule has 0 aliphatic heterocycles. The summed E-state index contributed by atoms with van der Waals surface area (Å²) < 4.78 is 12.0. The van der Waals surface area contributed by atoms with Crippen molar-refractivity contribution in [1.29, 1.82) is 5.26 Å². The van der Waals surface area contributed by atoms with Gasteiger partial charge in [-0.05, 0) is 78.4 Å². The van der Waals surface area contributed by atoms with Crippen LogP contribution in [0.15, 0.2) is 42.0 Å². The Morgan fingerprint density at radius 2 is 2.07 bits per heavy atom. The lowest BCUT2D eigenvalue weighted by atomic mass is 10.1. The predicted molar refractivity (Wildman–Crippen MR) is 115 cm³/mol. The first kappa shape index (κ1) is 21.1. The number of ether oxygens (including phenoxy) is 2. The maximum Gasteiger partial charge on any atom is 0.266 e. The molecule has 0 aliphatic carbocycles. The molecule has 0 spiro atoms. The van der Waals surface area contributed by atoms with Crippen LogP contribution in [0.25, 0.3) is 6.08 Å². The molecule has 27 heavy (non-hydrogen) atoms. The number of hydrogen-bond donors (Lipinski definition) is 1. The third-order valence-corrected chi connectivity index (χ3v) is 4.40. The fourth-order valence-electron chi connectivity index (χ4n) is 2.25. The van der Waals surface area contributed by atoms with E-state index < -0.39 is 5.91 Å². The summed E-state index contributed by atoms with van der Waals surface area (Å²) in [6.45, 7) is 3.86. The topological polar surface area (TPSA) is 71.3 Å². The molecule has 0 saturated heterocycles. The summed E-state index contributed by atoms with van der Waals surface area (Å²) in [7, 11) is 1.54. The highest BCUT2D eigenvalue weighted by atomic mass is 127. The average molecular weight is 497 g/mol. The van der Waals surface area contributed by atoms with Crippen LogP contribution in [0.3, 0.4) is 0 Å². The number of nitrogens with one attached hydrogen (secondary N) is 1. The highest BCUT2D eigenvalue weighted by molar-refractivity contribution is 14.1. The summed E-state index contributed by atoms with van der Waals surface area (Å²) in [4.78, 5) is 12.4. The minimum absolute atomic E-state index is 0.00745. The minimum atomic E-state index is -0.517. The molecule has 0 unspecified atom stereocenters. The van der Waals surface area contributed by atoms with Gasteiger partial charge in [-0.1, -0.05) is 17.7 Å². The first-order valence-corrected chi connectivity index (χ1v) is 9.52. The molecule has 0 fully saturated rings. The lowest BCUT2D eigenvalue weighted by molar-refractivity contribution is -0.112. The number of halogens is 2. The Hall–Kier alpha value is -2.24. The number of amides is 1. The second kappa shape index (κ2) is 9.62. The second-order valence-electron chi connectivity index (χ2n) is 5.84. The minimum Gasteiger partial charge on any atom is -0.493 e. The van der Waals surface area contributed by atoms with Gasteiger partial charge in [-0.3, -0.25) is 4.79 Å². The van der Waals surface area contributed by atoms with Gasteiger partial charge in [-0.25, -0.2) is 0 Å². The van der Waals surface area contributed by atoms with Gasteiger partial charge in [-0.15, -0.1) is 0 Å². The molecule has 0 aliphatic rings. The van der Waals surface area contributed by atoms with Gasteiger partial charge < -0.3 is 14.8 Å². The molecule has 0 radical (unpaired) electrons. The Morgan fingerprint density at radius 1 is 1.33 bits per heavy atom. The molecule has 0 atom stereocenters. The largest absolute Gasteiger partial charge is 0.493 e. The molecule has 0 aromatic heterocycles. The molecule has 0 heterocycles. The quantitative estimate of drug-likeness (QED) is 0.335. The summed E-state index contributed by atoms with van der Waals surface area (Å²) in [6.07, 6.45) is 1.50. The predicted octanol–water partition coefficient (Wildman–Crippen LogP) is 5.29. The van der Waals surface area contributed by atoms with Crippen LogP contribution in [-0.2, 0) is 4.79 Å². The highest BCUT2D eigenvalue weighted by Crippen LogP contribution is 2.35. The van der Waals surface area contributed by atoms with Crippen molar-refractivity contribution >= 4 is 51.9 Å². The van der Waals surface area contributed by atoms with E-state index in [-0.39, 0.29) is 11.7 Å². The Morgan fingerprint density at radius 3 is 2.67 bits per heavy atom. The van der Waals surface area contributed by atoms with Gasteiger partial charge in [-0.2, -0.15) is 5.26 Å². The van der Waals surface area contributed by atoms with Gasteiger partial charge in [0.1, 0.15) is 11.6 Å². The lowest BCUT2D eigenvalue weighted by Crippen LogP contribution is -2.13. The first-order valence-electron chi connectivity index (χ1n) is 8.07. The SMILES string of the molecule is COc1cc(/C=C(\C#N)C(=O)Nc2cccc(Cl)c2)cc(I)c1OC(C)C. The van der Waals surface area contributed by atoms with Crippen LogP contribution in [0.1, 0.15) is 19.4 Å². The first-order chi connectivity index (χ1) is 12.8. The van der Waals surface area contributed by atoms with E-state index in [0.717, 1.165) is 3.57 Å². The average Bonchev–Trinajstić information content (AvgIpc) is 2.61. The zero-order valence-corrected chi connectivity index (χ0v) is 18.0. The van der Waals surface area contributed by atoms with Crippen LogP contribution >= 0.6 is 34.2 Å². The van der Waals surface area contributed by atoms with E-state index in [4.69, 9.17) is 21.1 Å². The van der Waals surface area contributed by atoms with Gasteiger partial charge in [0.2, 0.25) is 0 Å². The maximum absolute atomic E-state index is 12.4. The number of hydrogen-bond acceptors (Lipinski definition) is 4. The van der Waals surface area contributed by atoms with E-state index in [9.17, 15) is 10.1 Å². The Kier molecular flexibility index (Phi) is 7.51. The van der Waals surface area contributed by atoms with Crippen LogP contribution in [0, 0.1) is 14.9 Å². The maximum atomic E-state index is 12.4. The molecule has 5 nitrogen and oxygen atoms in total. The smallest absolute Gasteiger partial charge is 0.266 e. The summed E-state index contributed by atoms with van der Waals surface area (Å²) in [5.41, 5.74) is 1.14. The Bertz CT molecular complexity index is 920. The molecule has 0 bridgehead atoms. The van der Waals surface area contributed by atoms with Crippen molar-refractivity contribution in [3.05, 3.63) is 56.1 Å². The summed E-state index contributed by atoms with van der Waals surface area (Å²) in [6, 6.07) is 12.2. The molecule has 2 aromatic rings. The Balaban J connectivity index is 2.32. The molecular weight excluding hydrogens is 479 g/mol. The molecule has 2 aromatic carbocycles. The molecule has 7 heteroatoms. The Labute approximate surface area is 177 Å². The van der Waals surface area contributed by atoms with Gasteiger partial charge in [0, 0.05) is 10.7 Å². The van der Waals surface area contributed by atoms with Crippen molar-refractivity contribution in [2.75, 3.05) is 12.4 Å². The van der Waals surface area contributed by atoms with Crippen molar-refractivity contribution in [3.63, 3.8) is 0 Å². The second-order valence-corrected chi connectivity index (χ2v) is 7.43. The summed E-state index contributed by atoms with van der Waals surface area (Å²) >= 11 is 8.05. The van der Waals surface area contributed by atoms with Gasteiger partial charge >= 0.3 is 0 Å². The van der Waals surface area contributed by atoms with Crippen molar-refractivity contribution in [2.24, 2.45) is 0 Å². The van der Waals surface area contributed by atoms with Gasteiger partial charge in [0.15, 0.2) is 11.5 Å². The van der Waals surface area contributed by atoms with Gasteiger partial charge in [0.05, 0.1) is 16.8 Å². The lowest BCUT2D eigenvalue weighted by Gasteiger charge is -2.16. The van der Waals surface area contributed by atoms with Crippen molar-refractivity contribution in [1.82, 2.24) is 0 Å². The van der Waals surface area contributed by atoms with Crippen molar-refractivity contribution in [2.45, 2.75) is 20.0 Å². The number of rotatable bonds is 6. The third kappa shape index (κ3) is 5.88. The number of nitriles is 1. The van der Waals surface area contributed by atoms with E-state index in [1.54, 1.807) is 37.4 Å². The zero-order valence-electron chi connectivity index (χ0n) is 15.0. The van der Waals surface area contributed by atoms with Crippen molar-refractivity contribution in [3.8, 4) is 17.6 Å². The number of methoxy groups -OCH3 is 1. The monoisotopic (exact) mass is 496 g/mol. The summed E-state index contributed by atoms with van der Waals surface area (Å²) in [5, 5.41) is 12.6. The van der Waals surface area contributed by atoms with Gasteiger partial charge in [0.25, 0.3) is 5.91 Å². The van der Waals surface area contributed by atoms with Crippen LogP contribution in [0.2, 0.25) is 5.02 Å². The van der Waals surface area contributed by atoms with E-state index in [1.807, 2.05) is 26.0 Å². The molecule has 1 amide bonds. The number of nitrogens with zero attached hydrogens (tertiary/aromatic N) is 1. The fraction of sp³-hybridized carbons (Fsp3) is 0.200. The fourth-order valence-corrected chi connectivity index (χ4v) is 3.20. The van der Waals surface area contributed by atoms with Crippen LogP contribution in [0.4, 0.5) is 5.69 Å². The number of benzene rings is 2. The summed E-state index contributed by atoms with van der Waals surface area (Å²) in [5.74, 6) is 0.651. The van der Waals surface area contributed by atoms with Crippen LogP contribution in [-0.4, -0.2) is 19.1 Å². The van der Waals surface area contributed by atoms with Crippen molar-refractivity contribution < 1.29 is 14.3 Å². The number of carbonyl (C=O) groups excluding carboxylic acids is 1. The van der Waals surface area contributed by atoms with E-state index >= 15 is 0 Å². The molecular formula is C20H18ClIN2O3. The number of anilines is 1. The zero-order chi connectivity index (χ0) is 20.0. The number of carbonyl (C=O) groups is 1.